The summed E-state index contributed by atoms with van der Waals surface area (Å²) in [6.07, 6.45) is 6.50. The van der Waals surface area contributed by atoms with E-state index in [1.807, 2.05) is 0 Å². The van der Waals surface area contributed by atoms with Crippen LogP contribution in [0, 0.1) is 6.92 Å². The summed E-state index contributed by atoms with van der Waals surface area (Å²) in [5.74, 6) is 1.55. The third-order valence-electron chi connectivity index (χ3n) is 5.07. The summed E-state index contributed by atoms with van der Waals surface area (Å²) in [5.41, 5.74) is 5.99. The quantitative estimate of drug-likeness (QED) is 0.646. The maximum atomic E-state index is 2.43. The van der Waals surface area contributed by atoms with Gasteiger partial charge in [0.25, 0.3) is 0 Å². The number of aryl methyl sites for hydroxylation is 2. The van der Waals surface area contributed by atoms with Gasteiger partial charge in [-0.2, -0.15) is 0 Å². The van der Waals surface area contributed by atoms with Gasteiger partial charge in [0.15, 0.2) is 0 Å². The maximum Gasteiger partial charge on any atom is -0.0161 e. The fourth-order valence-electron chi connectivity index (χ4n) is 3.75. The minimum Gasteiger partial charge on any atom is -0.0617 e. The van der Waals surface area contributed by atoms with E-state index < -0.39 is 0 Å². The van der Waals surface area contributed by atoms with E-state index in [1.165, 1.54) is 36.8 Å². The highest BCUT2D eigenvalue weighted by atomic mass is 14.3. The lowest BCUT2D eigenvalue weighted by molar-refractivity contribution is 0.396. The van der Waals surface area contributed by atoms with Crippen LogP contribution in [0.3, 0.4) is 0 Å². The van der Waals surface area contributed by atoms with Crippen LogP contribution in [0.4, 0.5) is 0 Å². The molecule has 0 unspecified atom stereocenters. The van der Waals surface area contributed by atoms with Crippen LogP contribution in [0.5, 0.6) is 0 Å². The molecule has 2 aromatic rings. The number of benzene rings is 2. The Hall–Kier alpha value is -1.56. The third kappa shape index (κ3) is 3.37. The third-order valence-corrected chi connectivity index (χ3v) is 5.07. The molecule has 1 saturated carbocycles. The van der Waals surface area contributed by atoms with Crippen molar-refractivity contribution in [1.29, 1.82) is 0 Å². The average Bonchev–Trinajstić information content (AvgIpc) is 2.55. The molecular formula is C21H26. The fourth-order valence-corrected chi connectivity index (χ4v) is 3.75. The fraction of sp³-hybridized carbons (Fsp3) is 0.429. The zero-order valence-corrected chi connectivity index (χ0v) is 13.3. The van der Waals surface area contributed by atoms with Gasteiger partial charge in [-0.05, 0) is 67.6 Å². The molecule has 21 heavy (non-hydrogen) atoms. The molecule has 0 heterocycles. The predicted octanol–water partition coefficient (Wildman–Crippen LogP) is 6.00. The molecular weight excluding hydrogens is 252 g/mol. The lowest BCUT2D eigenvalue weighted by Gasteiger charge is -2.29. The number of hydrogen-bond donors (Lipinski definition) is 0. The summed E-state index contributed by atoms with van der Waals surface area (Å²) >= 11 is 0. The molecule has 0 aliphatic heterocycles. The van der Waals surface area contributed by atoms with Gasteiger partial charge in [0, 0.05) is 0 Å². The molecule has 0 radical (unpaired) electrons. The minimum absolute atomic E-state index is 0.774. The van der Waals surface area contributed by atoms with Crippen LogP contribution in [0.2, 0.25) is 0 Å². The van der Waals surface area contributed by atoms with Crippen molar-refractivity contribution in [2.45, 2.75) is 57.8 Å². The van der Waals surface area contributed by atoms with E-state index in [4.69, 9.17) is 0 Å². The summed E-state index contributed by atoms with van der Waals surface area (Å²) in [4.78, 5) is 0. The van der Waals surface area contributed by atoms with Crippen molar-refractivity contribution in [1.82, 2.24) is 0 Å². The summed E-state index contributed by atoms with van der Waals surface area (Å²) in [7, 11) is 0. The van der Waals surface area contributed by atoms with Gasteiger partial charge in [0.05, 0.1) is 0 Å². The van der Waals surface area contributed by atoms with Crippen molar-refractivity contribution in [3.05, 3.63) is 70.8 Å². The van der Waals surface area contributed by atoms with E-state index in [2.05, 4.69) is 62.4 Å². The van der Waals surface area contributed by atoms with Crippen LogP contribution in [-0.2, 0) is 6.42 Å². The molecule has 0 atom stereocenters. The molecule has 0 aromatic heterocycles. The lowest BCUT2D eigenvalue weighted by atomic mass is 9.76. The van der Waals surface area contributed by atoms with Gasteiger partial charge in [0.2, 0.25) is 0 Å². The Labute approximate surface area is 129 Å². The van der Waals surface area contributed by atoms with Crippen LogP contribution in [-0.4, -0.2) is 0 Å². The van der Waals surface area contributed by atoms with E-state index in [0.29, 0.717) is 0 Å². The monoisotopic (exact) mass is 278 g/mol. The lowest BCUT2D eigenvalue weighted by Crippen LogP contribution is -2.12. The molecule has 0 spiro atoms. The van der Waals surface area contributed by atoms with Crippen molar-refractivity contribution in [2.24, 2.45) is 0 Å². The van der Waals surface area contributed by atoms with Crippen LogP contribution >= 0.6 is 0 Å². The molecule has 0 N–H and O–H groups in total. The van der Waals surface area contributed by atoms with Gasteiger partial charge in [-0.25, -0.2) is 0 Å². The highest BCUT2D eigenvalue weighted by Crippen LogP contribution is 2.40. The Morgan fingerprint density at radius 1 is 0.810 bits per heavy atom. The number of rotatable bonds is 3. The van der Waals surface area contributed by atoms with Gasteiger partial charge in [0.1, 0.15) is 0 Å². The van der Waals surface area contributed by atoms with Crippen LogP contribution < -0.4 is 0 Å². The standard InChI is InChI=1S/C21H26/c1-3-17-7-5-9-21(15-17)19-12-10-18(11-13-19)20-8-4-6-16(2)14-20/h4-9,14-15,18-19H,3,10-13H2,1-2H3. The second-order valence-electron chi connectivity index (χ2n) is 6.56. The SMILES string of the molecule is CCc1cccc(C2CCC(c3cccc(C)c3)CC2)c1. The molecule has 1 aliphatic rings. The number of hydrogen-bond acceptors (Lipinski definition) is 0. The molecule has 0 heteroatoms. The van der Waals surface area contributed by atoms with Crippen molar-refractivity contribution >= 4 is 0 Å². The first-order valence-electron chi connectivity index (χ1n) is 8.41. The first kappa shape index (κ1) is 14.4. The van der Waals surface area contributed by atoms with Crippen molar-refractivity contribution in [3.8, 4) is 0 Å². The Bertz CT molecular complexity index is 588. The molecule has 0 saturated heterocycles. The molecule has 0 amide bonds. The maximum absolute atomic E-state index is 2.43. The Morgan fingerprint density at radius 2 is 1.38 bits per heavy atom. The van der Waals surface area contributed by atoms with Crippen LogP contribution in [0.15, 0.2) is 48.5 Å². The zero-order chi connectivity index (χ0) is 14.7. The summed E-state index contributed by atoms with van der Waals surface area (Å²) in [6.45, 7) is 4.44. The van der Waals surface area contributed by atoms with Gasteiger partial charge in [-0.1, -0.05) is 61.0 Å². The summed E-state index contributed by atoms with van der Waals surface area (Å²) in [5, 5.41) is 0. The van der Waals surface area contributed by atoms with Crippen molar-refractivity contribution in [3.63, 3.8) is 0 Å². The van der Waals surface area contributed by atoms with Crippen molar-refractivity contribution in [2.75, 3.05) is 0 Å². The largest absolute Gasteiger partial charge is 0.0617 e. The Balaban J connectivity index is 1.67. The van der Waals surface area contributed by atoms with E-state index in [-0.39, 0.29) is 0 Å². The Kier molecular flexibility index (Phi) is 4.43. The minimum atomic E-state index is 0.774. The zero-order valence-electron chi connectivity index (χ0n) is 13.3. The molecule has 3 rings (SSSR count). The first-order valence-corrected chi connectivity index (χ1v) is 8.41. The smallest absolute Gasteiger partial charge is 0.0161 e. The van der Waals surface area contributed by atoms with E-state index in [0.717, 1.165) is 18.3 Å². The van der Waals surface area contributed by atoms with Gasteiger partial charge >= 0.3 is 0 Å². The first-order chi connectivity index (χ1) is 10.3. The molecule has 1 fully saturated rings. The van der Waals surface area contributed by atoms with Gasteiger partial charge in [-0.3, -0.25) is 0 Å². The van der Waals surface area contributed by atoms with Gasteiger partial charge in [-0.15, -0.1) is 0 Å². The van der Waals surface area contributed by atoms with Crippen molar-refractivity contribution < 1.29 is 0 Å². The predicted molar refractivity (Wildman–Crippen MR) is 90.9 cm³/mol. The van der Waals surface area contributed by atoms with Crippen LogP contribution in [0.25, 0.3) is 0 Å². The highest BCUT2D eigenvalue weighted by Gasteiger charge is 2.23. The topological polar surface area (TPSA) is 0 Å². The molecule has 0 nitrogen and oxygen atoms in total. The molecule has 110 valence electrons. The molecule has 1 aliphatic carbocycles. The van der Waals surface area contributed by atoms with E-state index in [9.17, 15) is 0 Å². The molecule has 2 aromatic carbocycles. The highest BCUT2D eigenvalue weighted by molar-refractivity contribution is 5.29. The summed E-state index contributed by atoms with van der Waals surface area (Å²) < 4.78 is 0. The average molecular weight is 278 g/mol. The van der Waals surface area contributed by atoms with Gasteiger partial charge < -0.3 is 0 Å². The molecule has 0 bridgehead atoms. The van der Waals surface area contributed by atoms with E-state index >= 15 is 0 Å². The Morgan fingerprint density at radius 3 is 1.95 bits per heavy atom. The second-order valence-corrected chi connectivity index (χ2v) is 6.56. The van der Waals surface area contributed by atoms with E-state index in [1.54, 1.807) is 11.1 Å². The summed E-state index contributed by atoms with van der Waals surface area (Å²) in [6, 6.07) is 18.3. The second kappa shape index (κ2) is 6.47. The van der Waals surface area contributed by atoms with Crippen LogP contribution in [0.1, 0.15) is 66.7 Å². The normalized spacial score (nSPS) is 22.2.